The van der Waals surface area contributed by atoms with Crippen molar-refractivity contribution in [2.45, 2.75) is 44.8 Å². The Morgan fingerprint density at radius 2 is 2.10 bits per heavy atom. The zero-order valence-electron chi connectivity index (χ0n) is 12.9. The van der Waals surface area contributed by atoms with Gasteiger partial charge >= 0.3 is 0 Å². The van der Waals surface area contributed by atoms with E-state index in [1.54, 1.807) is 0 Å². The molecule has 3 aliphatic rings. The van der Waals surface area contributed by atoms with E-state index in [-0.39, 0.29) is 0 Å². The van der Waals surface area contributed by atoms with Crippen LogP contribution in [0, 0.1) is 5.92 Å². The number of hydrogen-bond donors (Lipinski definition) is 1. The van der Waals surface area contributed by atoms with E-state index in [2.05, 4.69) is 36.2 Å². The number of piperazine rings is 1. The van der Waals surface area contributed by atoms with Crippen LogP contribution in [0.15, 0.2) is 18.2 Å². The number of ether oxygens (including phenoxy) is 2. The molecule has 4 nitrogen and oxygen atoms in total. The van der Waals surface area contributed by atoms with Gasteiger partial charge < -0.3 is 14.8 Å². The molecule has 1 aromatic carbocycles. The topological polar surface area (TPSA) is 33.7 Å². The predicted octanol–water partition coefficient (Wildman–Crippen LogP) is 2.38. The van der Waals surface area contributed by atoms with Gasteiger partial charge in [-0.05, 0) is 50.3 Å². The predicted molar refractivity (Wildman–Crippen MR) is 81.6 cm³/mol. The van der Waals surface area contributed by atoms with Crippen LogP contribution >= 0.6 is 0 Å². The largest absolute Gasteiger partial charge is 0.454 e. The van der Waals surface area contributed by atoms with E-state index in [1.807, 2.05) is 6.07 Å². The van der Waals surface area contributed by atoms with Crippen molar-refractivity contribution >= 4 is 0 Å². The molecule has 2 fully saturated rings. The van der Waals surface area contributed by atoms with Crippen LogP contribution in [0.3, 0.4) is 0 Å². The molecule has 0 radical (unpaired) electrons. The second-order valence-electron chi connectivity index (χ2n) is 7.01. The average Bonchev–Trinajstić information content (AvgIpc) is 3.23. The van der Waals surface area contributed by atoms with Gasteiger partial charge in [0.25, 0.3) is 0 Å². The van der Waals surface area contributed by atoms with Gasteiger partial charge in [0.05, 0.1) is 0 Å². The zero-order chi connectivity index (χ0) is 14.4. The maximum Gasteiger partial charge on any atom is 0.231 e. The lowest BCUT2D eigenvalue weighted by Crippen LogP contribution is -2.62. The van der Waals surface area contributed by atoms with E-state index >= 15 is 0 Å². The fourth-order valence-corrected chi connectivity index (χ4v) is 3.62. The van der Waals surface area contributed by atoms with Crippen LogP contribution in [0.25, 0.3) is 0 Å². The average molecular weight is 288 g/mol. The molecule has 1 N–H and O–H groups in total. The SMILES string of the molecule is CC1CNC(C)(C2CC2)CN1Cc1ccc2c(c1)OCO2. The summed E-state index contributed by atoms with van der Waals surface area (Å²) in [6, 6.07) is 6.90. The molecule has 4 heteroatoms. The smallest absolute Gasteiger partial charge is 0.231 e. The lowest BCUT2D eigenvalue weighted by Gasteiger charge is -2.45. The molecule has 0 bridgehead atoms. The minimum atomic E-state index is 0.294. The molecule has 2 aliphatic heterocycles. The molecule has 1 aromatic rings. The minimum absolute atomic E-state index is 0.294. The van der Waals surface area contributed by atoms with E-state index in [9.17, 15) is 0 Å². The molecule has 2 unspecified atom stereocenters. The van der Waals surface area contributed by atoms with E-state index in [4.69, 9.17) is 9.47 Å². The second kappa shape index (κ2) is 4.89. The summed E-state index contributed by atoms with van der Waals surface area (Å²) in [6.07, 6.45) is 2.77. The Hall–Kier alpha value is -1.26. The Balaban J connectivity index is 1.49. The first-order valence-corrected chi connectivity index (χ1v) is 8.02. The Labute approximate surface area is 126 Å². The standard InChI is InChI=1S/C17H24N2O2/c1-12-8-18-17(2,14-4-5-14)10-19(12)9-13-3-6-15-16(7-13)21-11-20-15/h3,6-7,12,14,18H,4-5,8-11H2,1-2H3. The van der Waals surface area contributed by atoms with Crippen molar-refractivity contribution in [1.82, 2.24) is 10.2 Å². The van der Waals surface area contributed by atoms with Crippen LogP contribution in [0.5, 0.6) is 11.5 Å². The lowest BCUT2D eigenvalue weighted by atomic mass is 9.91. The Morgan fingerprint density at radius 3 is 2.90 bits per heavy atom. The second-order valence-corrected chi connectivity index (χ2v) is 7.01. The number of benzene rings is 1. The third kappa shape index (κ3) is 2.51. The summed E-state index contributed by atoms with van der Waals surface area (Å²) in [7, 11) is 0. The van der Waals surface area contributed by atoms with Crippen molar-refractivity contribution in [1.29, 1.82) is 0 Å². The molecule has 1 saturated heterocycles. The highest BCUT2D eigenvalue weighted by Gasteiger charge is 2.45. The van der Waals surface area contributed by atoms with Gasteiger partial charge in [-0.1, -0.05) is 6.07 Å². The molecule has 2 heterocycles. The molecular weight excluding hydrogens is 264 g/mol. The summed E-state index contributed by atoms with van der Waals surface area (Å²) >= 11 is 0. The summed E-state index contributed by atoms with van der Waals surface area (Å²) in [6.45, 7) is 8.25. The van der Waals surface area contributed by atoms with Crippen molar-refractivity contribution in [3.05, 3.63) is 23.8 Å². The highest BCUT2D eigenvalue weighted by atomic mass is 16.7. The molecule has 4 rings (SSSR count). The molecule has 2 atom stereocenters. The first-order chi connectivity index (χ1) is 10.1. The number of fused-ring (bicyclic) bond motifs is 1. The summed E-state index contributed by atoms with van der Waals surface area (Å²) in [5.41, 5.74) is 1.61. The number of nitrogens with zero attached hydrogens (tertiary/aromatic N) is 1. The van der Waals surface area contributed by atoms with Crippen molar-refractivity contribution in [2.75, 3.05) is 19.9 Å². The summed E-state index contributed by atoms with van der Waals surface area (Å²) in [4.78, 5) is 2.60. The van der Waals surface area contributed by atoms with Crippen molar-refractivity contribution in [3.63, 3.8) is 0 Å². The fraction of sp³-hybridized carbons (Fsp3) is 0.647. The van der Waals surface area contributed by atoms with Gasteiger partial charge in [-0.15, -0.1) is 0 Å². The molecule has 21 heavy (non-hydrogen) atoms. The van der Waals surface area contributed by atoms with Crippen LogP contribution in [-0.4, -0.2) is 36.4 Å². The van der Waals surface area contributed by atoms with E-state index < -0.39 is 0 Å². The number of nitrogens with one attached hydrogen (secondary N) is 1. The Morgan fingerprint density at radius 1 is 1.29 bits per heavy atom. The molecular formula is C17H24N2O2. The van der Waals surface area contributed by atoms with E-state index in [1.165, 1.54) is 18.4 Å². The third-order valence-electron chi connectivity index (χ3n) is 5.26. The van der Waals surface area contributed by atoms with E-state index in [0.29, 0.717) is 18.4 Å². The monoisotopic (exact) mass is 288 g/mol. The molecule has 0 amide bonds. The third-order valence-corrected chi connectivity index (χ3v) is 5.26. The summed E-state index contributed by atoms with van der Waals surface area (Å²) < 4.78 is 10.9. The summed E-state index contributed by atoms with van der Waals surface area (Å²) in [5.74, 6) is 2.62. The van der Waals surface area contributed by atoms with Gasteiger partial charge in [0.15, 0.2) is 11.5 Å². The molecule has 0 aromatic heterocycles. The van der Waals surface area contributed by atoms with Crippen molar-refractivity contribution in [2.24, 2.45) is 5.92 Å². The maximum absolute atomic E-state index is 5.49. The van der Waals surface area contributed by atoms with Crippen LogP contribution in [0.4, 0.5) is 0 Å². The van der Waals surface area contributed by atoms with Gasteiger partial charge in [0, 0.05) is 31.2 Å². The maximum atomic E-state index is 5.49. The highest BCUT2D eigenvalue weighted by molar-refractivity contribution is 5.44. The first kappa shape index (κ1) is 13.4. The quantitative estimate of drug-likeness (QED) is 0.926. The molecule has 0 spiro atoms. The van der Waals surface area contributed by atoms with Crippen LogP contribution in [-0.2, 0) is 6.54 Å². The first-order valence-electron chi connectivity index (χ1n) is 8.02. The van der Waals surface area contributed by atoms with Gasteiger partial charge in [0.2, 0.25) is 6.79 Å². The van der Waals surface area contributed by atoms with Gasteiger partial charge in [-0.2, -0.15) is 0 Å². The van der Waals surface area contributed by atoms with Crippen LogP contribution < -0.4 is 14.8 Å². The molecule has 1 saturated carbocycles. The molecule has 114 valence electrons. The van der Waals surface area contributed by atoms with Gasteiger partial charge in [0.1, 0.15) is 0 Å². The highest BCUT2D eigenvalue weighted by Crippen LogP contribution is 2.41. The normalized spacial score (nSPS) is 32.4. The zero-order valence-corrected chi connectivity index (χ0v) is 12.9. The van der Waals surface area contributed by atoms with E-state index in [0.717, 1.165) is 37.1 Å². The fourth-order valence-electron chi connectivity index (χ4n) is 3.62. The van der Waals surface area contributed by atoms with Gasteiger partial charge in [-0.25, -0.2) is 0 Å². The Bertz CT molecular complexity index is 544. The van der Waals surface area contributed by atoms with Gasteiger partial charge in [-0.3, -0.25) is 4.90 Å². The van der Waals surface area contributed by atoms with Crippen LogP contribution in [0.2, 0.25) is 0 Å². The number of hydrogen-bond acceptors (Lipinski definition) is 4. The summed E-state index contributed by atoms with van der Waals surface area (Å²) in [5, 5.41) is 3.78. The van der Waals surface area contributed by atoms with Crippen molar-refractivity contribution in [3.8, 4) is 11.5 Å². The number of rotatable bonds is 3. The van der Waals surface area contributed by atoms with Crippen LogP contribution in [0.1, 0.15) is 32.3 Å². The lowest BCUT2D eigenvalue weighted by molar-refractivity contribution is 0.0770. The van der Waals surface area contributed by atoms with Crippen molar-refractivity contribution < 1.29 is 9.47 Å². The minimum Gasteiger partial charge on any atom is -0.454 e. The Kier molecular flexibility index (Phi) is 3.12. The molecule has 1 aliphatic carbocycles.